The van der Waals surface area contributed by atoms with Crippen LogP contribution in [0.5, 0.6) is 0 Å². The van der Waals surface area contributed by atoms with Crippen LogP contribution in [0.3, 0.4) is 0 Å². The maximum atomic E-state index is 13.8. The van der Waals surface area contributed by atoms with E-state index in [9.17, 15) is 4.79 Å². The van der Waals surface area contributed by atoms with Gasteiger partial charge in [-0.1, -0.05) is 6.07 Å². The number of aromatic nitrogens is 1. The number of likely N-dealkylation sites (tertiary alicyclic amines) is 1. The second-order valence-electron chi connectivity index (χ2n) is 9.42. The molecule has 4 aliphatic rings. The second kappa shape index (κ2) is 7.24. The SMILES string of the molecule is CC1(C)OC2OC(C(=O)N3CCCCC3c3cccnc3)C3OC(C)(C)OC3C2O1. The van der Waals surface area contributed by atoms with Crippen LogP contribution < -0.4 is 0 Å². The van der Waals surface area contributed by atoms with Crippen molar-refractivity contribution in [3.8, 4) is 0 Å². The second-order valence-corrected chi connectivity index (χ2v) is 9.42. The number of ether oxygens (including phenoxy) is 5. The molecule has 4 aliphatic heterocycles. The van der Waals surface area contributed by atoms with E-state index in [0.717, 1.165) is 24.8 Å². The topological polar surface area (TPSA) is 79.4 Å². The lowest BCUT2D eigenvalue weighted by Crippen LogP contribution is -2.60. The fourth-order valence-corrected chi connectivity index (χ4v) is 5.09. The van der Waals surface area contributed by atoms with Gasteiger partial charge in [0.05, 0.1) is 6.04 Å². The summed E-state index contributed by atoms with van der Waals surface area (Å²) in [5, 5.41) is 0. The van der Waals surface area contributed by atoms with Gasteiger partial charge in [0.15, 0.2) is 24.0 Å². The molecule has 164 valence electrons. The minimum Gasteiger partial charge on any atom is -0.342 e. The van der Waals surface area contributed by atoms with Crippen molar-refractivity contribution in [3.63, 3.8) is 0 Å². The van der Waals surface area contributed by atoms with E-state index in [1.165, 1.54) is 0 Å². The number of carbonyl (C=O) groups excluding carboxylic acids is 1. The lowest BCUT2D eigenvalue weighted by Gasteiger charge is -2.42. The van der Waals surface area contributed by atoms with E-state index < -0.39 is 42.3 Å². The standard InChI is InChI=1S/C22H30N2O6/c1-21(2)27-15-16(28-21)18-20(30-22(3,4)29-18)26-17(15)19(25)24-11-6-5-9-14(24)13-8-7-10-23-12-13/h7-8,10,12,14-18,20H,5-6,9,11H2,1-4H3. The van der Waals surface area contributed by atoms with Gasteiger partial charge >= 0.3 is 0 Å². The van der Waals surface area contributed by atoms with Gasteiger partial charge < -0.3 is 28.6 Å². The summed E-state index contributed by atoms with van der Waals surface area (Å²) in [6, 6.07) is 3.91. The molecule has 1 amide bonds. The smallest absolute Gasteiger partial charge is 0.255 e. The third-order valence-corrected chi connectivity index (χ3v) is 6.25. The summed E-state index contributed by atoms with van der Waals surface area (Å²) in [6.45, 7) is 8.05. The van der Waals surface area contributed by atoms with Gasteiger partial charge in [-0.05, 0) is 58.6 Å². The monoisotopic (exact) mass is 418 g/mol. The Labute approximate surface area is 176 Å². The van der Waals surface area contributed by atoms with Crippen LogP contribution in [0.15, 0.2) is 24.5 Å². The highest BCUT2D eigenvalue weighted by atomic mass is 16.9. The first-order valence-electron chi connectivity index (χ1n) is 10.8. The summed E-state index contributed by atoms with van der Waals surface area (Å²) in [5.41, 5.74) is 1.04. The third-order valence-electron chi connectivity index (χ3n) is 6.25. The molecule has 6 atom stereocenters. The van der Waals surface area contributed by atoms with Crippen LogP contribution in [-0.2, 0) is 28.5 Å². The molecule has 0 saturated carbocycles. The fraction of sp³-hybridized carbons (Fsp3) is 0.727. The number of carbonyl (C=O) groups is 1. The highest BCUT2D eigenvalue weighted by Crippen LogP contribution is 2.45. The number of hydrogen-bond donors (Lipinski definition) is 0. The Morgan fingerprint density at radius 1 is 1.03 bits per heavy atom. The van der Waals surface area contributed by atoms with Gasteiger partial charge in [-0.15, -0.1) is 0 Å². The Bertz CT molecular complexity index is 800. The van der Waals surface area contributed by atoms with Crippen molar-refractivity contribution in [1.82, 2.24) is 9.88 Å². The fourth-order valence-electron chi connectivity index (χ4n) is 5.09. The molecule has 30 heavy (non-hydrogen) atoms. The summed E-state index contributed by atoms with van der Waals surface area (Å²) >= 11 is 0. The van der Waals surface area contributed by atoms with E-state index in [2.05, 4.69) is 4.98 Å². The van der Waals surface area contributed by atoms with Crippen LogP contribution in [0.2, 0.25) is 0 Å². The molecule has 4 saturated heterocycles. The Morgan fingerprint density at radius 3 is 2.53 bits per heavy atom. The molecule has 4 fully saturated rings. The van der Waals surface area contributed by atoms with Gasteiger partial charge in [0, 0.05) is 18.9 Å². The predicted molar refractivity (Wildman–Crippen MR) is 105 cm³/mol. The molecule has 1 aromatic rings. The van der Waals surface area contributed by atoms with E-state index in [-0.39, 0.29) is 11.9 Å². The van der Waals surface area contributed by atoms with Crippen LogP contribution in [-0.4, -0.2) is 64.6 Å². The average Bonchev–Trinajstić information content (AvgIpc) is 3.21. The number of rotatable bonds is 2. The predicted octanol–water partition coefficient (Wildman–Crippen LogP) is 2.53. The van der Waals surface area contributed by atoms with Crippen LogP contribution in [0.1, 0.15) is 58.6 Å². The first kappa shape index (κ1) is 20.3. The summed E-state index contributed by atoms with van der Waals surface area (Å²) < 4.78 is 30.5. The number of hydrogen-bond acceptors (Lipinski definition) is 7. The number of pyridine rings is 1. The maximum absolute atomic E-state index is 13.8. The third kappa shape index (κ3) is 3.54. The molecule has 5 heterocycles. The Morgan fingerprint density at radius 2 is 1.77 bits per heavy atom. The first-order chi connectivity index (χ1) is 14.2. The van der Waals surface area contributed by atoms with Gasteiger partial charge in [-0.3, -0.25) is 9.78 Å². The summed E-state index contributed by atoms with van der Waals surface area (Å²) in [6.07, 6.45) is 3.62. The zero-order valence-corrected chi connectivity index (χ0v) is 17.9. The Balaban J connectivity index is 1.44. The molecule has 5 rings (SSSR count). The molecular weight excluding hydrogens is 388 g/mol. The van der Waals surface area contributed by atoms with Crippen molar-refractivity contribution >= 4 is 5.91 Å². The Hall–Kier alpha value is -1.58. The van der Waals surface area contributed by atoms with Crippen molar-refractivity contribution < 1.29 is 28.5 Å². The highest BCUT2D eigenvalue weighted by Gasteiger charge is 2.62. The van der Waals surface area contributed by atoms with Gasteiger partial charge in [0.25, 0.3) is 5.91 Å². The number of amides is 1. The molecule has 8 heteroatoms. The van der Waals surface area contributed by atoms with E-state index in [1.807, 2.05) is 50.9 Å². The lowest BCUT2D eigenvalue weighted by molar-refractivity contribution is -0.235. The molecule has 0 spiro atoms. The zero-order chi connectivity index (χ0) is 21.1. The van der Waals surface area contributed by atoms with Crippen molar-refractivity contribution in [2.75, 3.05) is 6.54 Å². The maximum Gasteiger partial charge on any atom is 0.255 e. The van der Waals surface area contributed by atoms with E-state index in [0.29, 0.717) is 6.54 Å². The largest absolute Gasteiger partial charge is 0.342 e. The van der Waals surface area contributed by atoms with E-state index in [4.69, 9.17) is 23.7 Å². The molecule has 8 nitrogen and oxygen atoms in total. The van der Waals surface area contributed by atoms with Gasteiger partial charge in [-0.2, -0.15) is 0 Å². The van der Waals surface area contributed by atoms with Gasteiger partial charge in [0.1, 0.15) is 18.3 Å². The molecule has 0 N–H and O–H groups in total. The molecular formula is C22H30N2O6. The van der Waals surface area contributed by atoms with Crippen LogP contribution in [0.4, 0.5) is 0 Å². The molecule has 6 unspecified atom stereocenters. The summed E-state index contributed by atoms with van der Waals surface area (Å²) in [5.74, 6) is -1.73. The van der Waals surface area contributed by atoms with Crippen LogP contribution in [0, 0.1) is 0 Å². The first-order valence-corrected chi connectivity index (χ1v) is 10.8. The highest BCUT2D eigenvalue weighted by molar-refractivity contribution is 5.82. The Kier molecular flexibility index (Phi) is 4.91. The van der Waals surface area contributed by atoms with Crippen LogP contribution >= 0.6 is 0 Å². The molecule has 0 bridgehead atoms. The van der Waals surface area contributed by atoms with E-state index >= 15 is 0 Å². The van der Waals surface area contributed by atoms with Crippen molar-refractivity contribution in [1.29, 1.82) is 0 Å². The van der Waals surface area contributed by atoms with Crippen LogP contribution in [0.25, 0.3) is 0 Å². The van der Waals surface area contributed by atoms with Gasteiger partial charge in [0.2, 0.25) is 0 Å². The van der Waals surface area contributed by atoms with Crippen molar-refractivity contribution in [2.45, 2.75) is 95.3 Å². The number of piperidine rings is 1. The van der Waals surface area contributed by atoms with Crippen molar-refractivity contribution in [2.24, 2.45) is 0 Å². The minimum atomic E-state index is -0.827. The number of fused-ring (bicyclic) bond motifs is 3. The lowest BCUT2D eigenvalue weighted by atomic mass is 9.93. The summed E-state index contributed by atoms with van der Waals surface area (Å²) in [7, 11) is 0. The number of nitrogens with zero attached hydrogens (tertiary/aromatic N) is 2. The summed E-state index contributed by atoms with van der Waals surface area (Å²) in [4.78, 5) is 20.0. The quantitative estimate of drug-likeness (QED) is 0.730. The molecule has 0 aliphatic carbocycles. The molecule has 0 radical (unpaired) electrons. The average molecular weight is 418 g/mol. The minimum absolute atomic E-state index is 0.0211. The molecule has 1 aromatic heterocycles. The van der Waals surface area contributed by atoms with E-state index in [1.54, 1.807) is 6.20 Å². The van der Waals surface area contributed by atoms with Gasteiger partial charge in [-0.25, -0.2) is 0 Å². The van der Waals surface area contributed by atoms with Crippen molar-refractivity contribution in [3.05, 3.63) is 30.1 Å². The zero-order valence-electron chi connectivity index (χ0n) is 17.9. The molecule has 0 aromatic carbocycles. The normalized spacial score (nSPS) is 39.4.